The zero-order valence-corrected chi connectivity index (χ0v) is 55.2. The largest absolute Gasteiger partial charge is 0.442 e. The highest BCUT2D eigenvalue weighted by Gasteiger charge is 1.98. The van der Waals surface area contributed by atoms with Gasteiger partial charge in [0.15, 0.2) is 24.0 Å². The molecule has 0 aliphatic carbocycles. The van der Waals surface area contributed by atoms with Crippen molar-refractivity contribution in [1.29, 1.82) is 0 Å². The summed E-state index contributed by atoms with van der Waals surface area (Å²) < 4.78 is 27.1. The monoisotopic (exact) mass is 1370 g/mol. The topological polar surface area (TPSA) is 263 Å². The third kappa shape index (κ3) is 19.3. The predicted molar refractivity (Wildman–Crippen MR) is 390 cm³/mol. The quantitative estimate of drug-likeness (QED) is 0.137. The molecule has 0 unspecified atom stereocenters. The molecular weight excluding hydrogens is 1320 g/mol. The predicted octanol–water partition coefficient (Wildman–Crippen LogP) is 17.0. The minimum atomic E-state index is 0.734. The molecule has 23 nitrogen and oxygen atoms in total. The summed E-state index contributed by atoms with van der Waals surface area (Å²) in [7, 11) is 0. The maximum atomic E-state index is 4.94. The zero-order valence-electron chi connectivity index (χ0n) is 52.0. The number of hydrogen-bond donors (Lipinski definition) is 0. The molecule has 0 aromatic carbocycles. The van der Waals surface area contributed by atoms with Crippen LogP contribution < -0.4 is 0 Å². The van der Waals surface area contributed by atoms with Gasteiger partial charge in [-0.2, -0.15) is 5.10 Å². The third-order valence-corrected chi connectivity index (χ3v) is 16.8. The molecule has 22 aromatic rings. The van der Waals surface area contributed by atoms with Crippen LogP contribution in [0.15, 0.2) is 342 Å². The molecule has 22 heterocycles. The van der Waals surface area contributed by atoms with Gasteiger partial charge in [-0.25, -0.2) is 34.0 Å². The molecule has 22 rings (SSSR count). The van der Waals surface area contributed by atoms with E-state index < -0.39 is 0 Å². The van der Waals surface area contributed by atoms with Gasteiger partial charge < -0.3 is 22.2 Å². The number of imidazole rings is 1. The fourth-order valence-electron chi connectivity index (χ4n) is 8.65. The second-order valence-electron chi connectivity index (χ2n) is 19.8. The SMILES string of the molecule is c1cc2ccsc2cn1.c1cc2conc2cn1.c1cc2ncoc2cn1.c1cc2ncoc2cn1.c1cc2ncsc2cn1.c1cc2sccc2cn1.c1cc2scnc2cn1.c1ccn2cccc2c1.c1ccn2ccnc2c1.c1ccn2nccc2c1.c1ccn2nncc2c1. The van der Waals surface area contributed by atoms with Crippen molar-refractivity contribution in [3.63, 3.8) is 0 Å². The second-order valence-corrected chi connectivity index (χ2v) is 23.5. The molecule has 0 N–H and O–H groups in total. The average Bonchev–Trinajstić information content (AvgIpc) is 4.68. The number of oxazole rings is 2. The van der Waals surface area contributed by atoms with Gasteiger partial charge in [-0.05, 0) is 137 Å². The molecule has 0 saturated heterocycles. The first kappa shape index (κ1) is 66.0. The van der Waals surface area contributed by atoms with Crippen LogP contribution in [0.4, 0.5) is 0 Å². The average molecular weight is 1380 g/mol. The maximum absolute atomic E-state index is 4.94. The van der Waals surface area contributed by atoms with E-state index in [-0.39, 0.29) is 0 Å². The Hall–Kier alpha value is -13.1. The lowest BCUT2D eigenvalue weighted by Gasteiger charge is -1.88. The van der Waals surface area contributed by atoms with Gasteiger partial charge in [0.05, 0.1) is 78.2 Å². The highest BCUT2D eigenvalue weighted by atomic mass is 32.1. The van der Waals surface area contributed by atoms with Crippen molar-refractivity contribution in [1.82, 2.24) is 98.2 Å². The van der Waals surface area contributed by atoms with E-state index in [1.807, 2.05) is 197 Å². The van der Waals surface area contributed by atoms with Crippen LogP contribution in [-0.4, -0.2) is 98.2 Å². The summed E-state index contributed by atoms with van der Waals surface area (Å²) in [5, 5.41) is 22.9. The fourth-order valence-corrected chi connectivity index (χ4v) is 11.5. The van der Waals surface area contributed by atoms with E-state index >= 15 is 0 Å². The molecule has 0 spiro atoms. The summed E-state index contributed by atoms with van der Waals surface area (Å²) in [5.41, 5.74) is 14.1. The summed E-state index contributed by atoms with van der Waals surface area (Å²) in [6.45, 7) is 0. The number of thiazole rings is 2. The van der Waals surface area contributed by atoms with Crippen LogP contribution in [0.25, 0.3) is 95.9 Å². The highest BCUT2D eigenvalue weighted by Crippen LogP contribution is 2.20. The summed E-state index contributed by atoms with van der Waals surface area (Å²) in [4.78, 5) is 47.5. The number of hydrogen-bond acceptors (Lipinski definition) is 23. The molecule has 484 valence electrons. The Morgan fingerprint density at radius 2 is 0.899 bits per heavy atom. The minimum absolute atomic E-state index is 0.734. The van der Waals surface area contributed by atoms with Crippen LogP contribution in [0.3, 0.4) is 0 Å². The van der Waals surface area contributed by atoms with Crippen LogP contribution in [0.5, 0.6) is 0 Å². The van der Waals surface area contributed by atoms with E-state index in [1.54, 1.807) is 143 Å². The molecule has 99 heavy (non-hydrogen) atoms. The van der Waals surface area contributed by atoms with E-state index in [0.29, 0.717) is 0 Å². The molecule has 0 fully saturated rings. The van der Waals surface area contributed by atoms with Gasteiger partial charge in [-0.1, -0.05) is 34.6 Å². The van der Waals surface area contributed by atoms with Crippen molar-refractivity contribution in [3.8, 4) is 0 Å². The van der Waals surface area contributed by atoms with E-state index in [9.17, 15) is 0 Å². The Labute approximate surface area is 578 Å². The van der Waals surface area contributed by atoms with Gasteiger partial charge >= 0.3 is 0 Å². The normalized spacial score (nSPS) is 10.2. The smallest absolute Gasteiger partial charge is 0.182 e. The fraction of sp³-hybridized carbons (Fsp3) is 0. The van der Waals surface area contributed by atoms with E-state index in [1.165, 1.54) is 43.2 Å². The van der Waals surface area contributed by atoms with Crippen LogP contribution >= 0.6 is 45.3 Å². The van der Waals surface area contributed by atoms with Gasteiger partial charge in [0.2, 0.25) is 0 Å². The molecule has 0 aliphatic rings. The standard InChI is InChI=1S/C8H7N.2C7H6N2.2C7H5NS.C6H5N3.3C6H4N2O.2C6H4N2S/c1-2-6-9-7-3-5-8(9)4-1;1-2-6-9-7(3-1)4-5-8-9;1-2-5-9-6-4-8-7(9)3-1;1-3-8-5-6-2-4-9-7(1)6;1-3-8-5-7-6(1)2-4-9-7;1-2-4-9-6(3-1)5-7-8-9;2*1-2-7-3-6-5(1)8-4-9-6;1-2-7-3-6-5(1)4-9-8-6;1-2-7-3-5-6(1)9-4-8-5;1-2-7-3-6-5(1)8-4-9-6/h1-7H;2*1-6H;3*1-5H;5*1-4H. The maximum Gasteiger partial charge on any atom is 0.182 e. The van der Waals surface area contributed by atoms with Crippen LogP contribution in [0, 0.1) is 0 Å². The molecule has 0 bridgehead atoms. The van der Waals surface area contributed by atoms with E-state index in [4.69, 9.17) is 8.83 Å². The van der Waals surface area contributed by atoms with E-state index in [2.05, 4.69) is 124 Å². The minimum Gasteiger partial charge on any atom is -0.442 e. The summed E-state index contributed by atoms with van der Waals surface area (Å²) in [5.74, 6) is 0. The third-order valence-electron chi connectivity index (χ3n) is 13.5. The molecule has 27 heteroatoms. The van der Waals surface area contributed by atoms with Gasteiger partial charge in [-0.3, -0.25) is 34.9 Å². The summed E-state index contributed by atoms with van der Waals surface area (Å²) >= 11 is 6.72. The molecule has 0 amide bonds. The van der Waals surface area contributed by atoms with Crippen LogP contribution in [-0.2, 0) is 0 Å². The van der Waals surface area contributed by atoms with Gasteiger partial charge in [0, 0.05) is 133 Å². The van der Waals surface area contributed by atoms with Gasteiger partial charge in [0.25, 0.3) is 0 Å². The van der Waals surface area contributed by atoms with Crippen molar-refractivity contribution < 1.29 is 13.4 Å². The lowest BCUT2D eigenvalue weighted by molar-refractivity contribution is 0.428. The molecular formula is C72H54N20O3S4. The van der Waals surface area contributed by atoms with Crippen molar-refractivity contribution in [2.75, 3.05) is 0 Å². The number of thiophene rings is 2. The number of fused-ring (bicyclic) bond motifs is 11. The van der Waals surface area contributed by atoms with E-state index in [0.717, 1.165) is 65.5 Å². The van der Waals surface area contributed by atoms with Gasteiger partial charge in [0.1, 0.15) is 28.5 Å². The molecule has 22 aromatic heterocycles. The van der Waals surface area contributed by atoms with Crippen molar-refractivity contribution >= 4 is 141 Å². The highest BCUT2D eigenvalue weighted by molar-refractivity contribution is 7.17. The van der Waals surface area contributed by atoms with Gasteiger partial charge in [-0.15, -0.1) is 50.4 Å². The first-order valence-electron chi connectivity index (χ1n) is 29.9. The Bertz CT molecular complexity index is 4380. The zero-order chi connectivity index (χ0) is 67.1. The molecule has 0 aliphatic heterocycles. The Morgan fingerprint density at radius 1 is 0.323 bits per heavy atom. The Balaban J connectivity index is 0.000000103. The number of pyridine rings is 11. The van der Waals surface area contributed by atoms with Crippen molar-refractivity contribution in [2.45, 2.75) is 0 Å². The summed E-state index contributed by atoms with van der Waals surface area (Å²) in [6, 6.07) is 47.5. The first-order valence-corrected chi connectivity index (χ1v) is 33.4. The number of aromatic nitrogens is 20. The van der Waals surface area contributed by atoms with Crippen molar-refractivity contribution in [3.05, 3.63) is 329 Å². The molecule has 0 radical (unpaired) electrons. The van der Waals surface area contributed by atoms with Crippen molar-refractivity contribution in [2.24, 2.45) is 0 Å². The Kier molecular flexibility index (Phi) is 23.6. The first-order chi connectivity index (χ1) is 49.1. The lowest BCUT2D eigenvalue weighted by atomic mass is 10.3. The Morgan fingerprint density at radius 3 is 1.60 bits per heavy atom. The van der Waals surface area contributed by atoms with Crippen LogP contribution in [0.1, 0.15) is 0 Å². The molecule has 0 atom stereocenters. The van der Waals surface area contributed by atoms with Crippen LogP contribution in [0.2, 0.25) is 0 Å². The lowest BCUT2D eigenvalue weighted by Crippen LogP contribution is -1.82. The number of nitrogens with zero attached hydrogens (tertiary/aromatic N) is 20. The molecule has 0 saturated carbocycles. The summed E-state index contributed by atoms with van der Waals surface area (Å²) in [6.07, 6.45) is 46.0. The second kappa shape index (κ2) is 35.4. The number of rotatable bonds is 0.